The lowest BCUT2D eigenvalue weighted by Gasteiger charge is -2.27. The van der Waals surface area contributed by atoms with Crippen molar-refractivity contribution in [3.05, 3.63) is 35.4 Å². The van der Waals surface area contributed by atoms with Gasteiger partial charge in [0.1, 0.15) is 0 Å². The molecule has 0 aliphatic heterocycles. The number of unbranched alkanes of at least 4 members (excludes halogenated alkanes) is 10. The summed E-state index contributed by atoms with van der Waals surface area (Å²) in [5.74, 6) is 0. The van der Waals surface area contributed by atoms with Gasteiger partial charge < -0.3 is 0 Å². The molecule has 0 heteroatoms. The molecule has 0 N–H and O–H groups in total. The van der Waals surface area contributed by atoms with Crippen LogP contribution >= 0.6 is 0 Å². The highest BCUT2D eigenvalue weighted by atomic mass is 14.3. The maximum absolute atomic E-state index is 2.41. The first-order chi connectivity index (χ1) is 11.1. The Kier molecular flexibility index (Phi) is 10.3. The minimum Gasteiger partial charge on any atom is -0.0654 e. The van der Waals surface area contributed by atoms with E-state index in [4.69, 9.17) is 0 Å². The second-order valence-corrected chi connectivity index (χ2v) is 7.98. The molecule has 0 saturated carbocycles. The zero-order chi connectivity index (χ0) is 17.0. The lowest BCUT2D eigenvalue weighted by molar-refractivity contribution is 0.439. The summed E-state index contributed by atoms with van der Waals surface area (Å²) in [7, 11) is 0. The fraction of sp³-hybridized carbons (Fsp3) is 0.739. The number of hydrogen-bond donors (Lipinski definition) is 0. The summed E-state index contributed by atoms with van der Waals surface area (Å²) >= 11 is 0. The quantitative estimate of drug-likeness (QED) is 0.324. The molecule has 0 heterocycles. The molecule has 1 aromatic rings. The van der Waals surface area contributed by atoms with Crippen LogP contribution in [0.2, 0.25) is 0 Å². The number of rotatable bonds is 13. The molecule has 23 heavy (non-hydrogen) atoms. The number of hydrogen-bond acceptors (Lipinski definition) is 0. The van der Waals surface area contributed by atoms with Gasteiger partial charge in [0.2, 0.25) is 0 Å². The van der Waals surface area contributed by atoms with Crippen molar-refractivity contribution in [2.75, 3.05) is 0 Å². The lowest BCUT2D eigenvalue weighted by Crippen LogP contribution is -2.18. The smallest absolute Gasteiger partial charge is 0.0101 e. The Bertz CT molecular complexity index is 402. The van der Waals surface area contributed by atoms with Crippen molar-refractivity contribution in [3.63, 3.8) is 0 Å². The first kappa shape index (κ1) is 20.3. The summed E-state index contributed by atoms with van der Waals surface area (Å²) in [6.07, 6.45) is 17.0. The maximum Gasteiger partial charge on any atom is -0.0101 e. The van der Waals surface area contributed by atoms with Gasteiger partial charge >= 0.3 is 0 Å². The van der Waals surface area contributed by atoms with E-state index in [0.717, 1.165) is 0 Å². The predicted octanol–water partition coefficient (Wildman–Crippen LogP) is 7.97. The van der Waals surface area contributed by atoms with Crippen LogP contribution in [0.1, 0.15) is 109 Å². The first-order valence-corrected chi connectivity index (χ1v) is 10.1. The van der Waals surface area contributed by atoms with Gasteiger partial charge in [0, 0.05) is 0 Å². The average molecular weight is 317 g/mol. The minimum atomic E-state index is 0.324. The van der Waals surface area contributed by atoms with Gasteiger partial charge in [-0.25, -0.2) is 0 Å². The molecule has 132 valence electrons. The summed E-state index contributed by atoms with van der Waals surface area (Å²) < 4.78 is 0. The Hall–Kier alpha value is -0.780. The summed E-state index contributed by atoms with van der Waals surface area (Å²) in [6.45, 7) is 9.36. The normalized spacial score (nSPS) is 11.8. The lowest BCUT2D eigenvalue weighted by atomic mass is 9.78. The molecule has 0 bridgehead atoms. The molecule has 0 saturated heterocycles. The van der Waals surface area contributed by atoms with Gasteiger partial charge in [-0.1, -0.05) is 116 Å². The third-order valence-electron chi connectivity index (χ3n) is 5.28. The van der Waals surface area contributed by atoms with Crippen molar-refractivity contribution in [2.24, 2.45) is 0 Å². The molecular weight excluding hydrogens is 276 g/mol. The Balaban J connectivity index is 2.05. The van der Waals surface area contributed by atoms with E-state index in [-0.39, 0.29) is 0 Å². The molecule has 1 aromatic carbocycles. The third-order valence-corrected chi connectivity index (χ3v) is 5.28. The van der Waals surface area contributed by atoms with Gasteiger partial charge in [-0.05, 0) is 29.9 Å². The van der Waals surface area contributed by atoms with Gasteiger partial charge in [-0.2, -0.15) is 0 Å². The molecule has 0 atom stereocenters. The van der Waals surface area contributed by atoms with E-state index in [9.17, 15) is 0 Å². The second kappa shape index (κ2) is 11.7. The van der Waals surface area contributed by atoms with Crippen LogP contribution in [0, 0.1) is 6.92 Å². The van der Waals surface area contributed by atoms with Gasteiger partial charge in [-0.15, -0.1) is 0 Å². The Morgan fingerprint density at radius 2 is 1.17 bits per heavy atom. The average Bonchev–Trinajstić information content (AvgIpc) is 2.53. The van der Waals surface area contributed by atoms with Gasteiger partial charge in [0.15, 0.2) is 0 Å². The summed E-state index contributed by atoms with van der Waals surface area (Å²) in [4.78, 5) is 0. The van der Waals surface area contributed by atoms with Crippen molar-refractivity contribution in [1.29, 1.82) is 0 Å². The highest BCUT2D eigenvalue weighted by Crippen LogP contribution is 2.31. The highest BCUT2D eigenvalue weighted by molar-refractivity contribution is 5.32. The summed E-state index contributed by atoms with van der Waals surface area (Å²) in [5, 5.41) is 0. The summed E-state index contributed by atoms with van der Waals surface area (Å²) in [5.41, 5.74) is 3.30. The molecule has 0 unspecified atom stereocenters. The molecule has 0 aromatic heterocycles. The Morgan fingerprint density at radius 1 is 0.696 bits per heavy atom. The van der Waals surface area contributed by atoms with Crippen molar-refractivity contribution >= 4 is 0 Å². The molecule has 0 spiro atoms. The van der Waals surface area contributed by atoms with Crippen LogP contribution < -0.4 is 0 Å². The molecule has 0 aliphatic rings. The third kappa shape index (κ3) is 8.58. The summed E-state index contributed by atoms with van der Waals surface area (Å²) in [6, 6.07) is 8.90. The molecule has 1 rings (SSSR count). The molecule has 0 radical (unpaired) electrons. The van der Waals surface area contributed by atoms with Crippen molar-refractivity contribution in [2.45, 2.75) is 110 Å². The molecule has 0 amide bonds. The predicted molar refractivity (Wildman–Crippen MR) is 105 cm³/mol. The zero-order valence-electron chi connectivity index (χ0n) is 16.3. The van der Waals surface area contributed by atoms with Crippen molar-refractivity contribution < 1.29 is 0 Å². The Labute approximate surface area is 146 Å². The molecule has 0 nitrogen and oxygen atoms in total. The highest BCUT2D eigenvalue weighted by Gasteiger charge is 2.21. The SMILES string of the molecule is CCCCCCCCCCCCCC(C)(C)c1ccccc1C. The van der Waals surface area contributed by atoms with Crippen molar-refractivity contribution in [1.82, 2.24) is 0 Å². The van der Waals surface area contributed by atoms with Gasteiger partial charge in [0.25, 0.3) is 0 Å². The van der Waals surface area contributed by atoms with Gasteiger partial charge in [0.05, 0.1) is 0 Å². The van der Waals surface area contributed by atoms with E-state index in [1.165, 1.54) is 88.2 Å². The number of benzene rings is 1. The van der Waals surface area contributed by atoms with E-state index in [0.29, 0.717) is 5.41 Å². The van der Waals surface area contributed by atoms with E-state index in [1.807, 2.05) is 0 Å². The van der Waals surface area contributed by atoms with Crippen molar-refractivity contribution in [3.8, 4) is 0 Å². The zero-order valence-corrected chi connectivity index (χ0v) is 16.3. The largest absolute Gasteiger partial charge is 0.0654 e. The molecule has 0 aliphatic carbocycles. The molecule has 0 fully saturated rings. The van der Waals surface area contributed by atoms with E-state index in [1.54, 1.807) is 0 Å². The van der Waals surface area contributed by atoms with Crippen LogP contribution in [0.3, 0.4) is 0 Å². The number of aryl methyl sites for hydroxylation is 1. The van der Waals surface area contributed by atoms with Crippen LogP contribution in [0.4, 0.5) is 0 Å². The monoisotopic (exact) mass is 316 g/mol. The first-order valence-electron chi connectivity index (χ1n) is 10.1. The second-order valence-electron chi connectivity index (χ2n) is 7.98. The minimum absolute atomic E-state index is 0.324. The standard InChI is InChI=1S/C23H40/c1-5-6-7-8-9-10-11-12-13-14-17-20-23(3,4)22-19-16-15-18-21(22)2/h15-16,18-19H,5-14,17,20H2,1-4H3. The van der Waals surface area contributed by atoms with E-state index < -0.39 is 0 Å². The van der Waals surface area contributed by atoms with Crippen LogP contribution in [0.15, 0.2) is 24.3 Å². The van der Waals surface area contributed by atoms with Crippen LogP contribution in [0.5, 0.6) is 0 Å². The van der Waals surface area contributed by atoms with E-state index in [2.05, 4.69) is 52.0 Å². The van der Waals surface area contributed by atoms with Crippen LogP contribution in [-0.2, 0) is 5.41 Å². The van der Waals surface area contributed by atoms with Crippen LogP contribution in [-0.4, -0.2) is 0 Å². The van der Waals surface area contributed by atoms with Crippen LogP contribution in [0.25, 0.3) is 0 Å². The van der Waals surface area contributed by atoms with E-state index >= 15 is 0 Å². The molecular formula is C23H40. The maximum atomic E-state index is 2.41. The topological polar surface area (TPSA) is 0 Å². The Morgan fingerprint density at radius 3 is 1.70 bits per heavy atom. The fourth-order valence-electron chi connectivity index (χ4n) is 3.70. The fourth-order valence-corrected chi connectivity index (χ4v) is 3.70. The van der Waals surface area contributed by atoms with Gasteiger partial charge in [-0.3, -0.25) is 0 Å².